The van der Waals surface area contributed by atoms with E-state index >= 15 is 0 Å². The number of rotatable bonds is 4. The number of aromatic amines is 1. The van der Waals surface area contributed by atoms with Gasteiger partial charge < -0.3 is 4.98 Å². The third-order valence-corrected chi connectivity index (χ3v) is 4.36. The first-order valence-corrected chi connectivity index (χ1v) is 8.37. The van der Waals surface area contributed by atoms with Crippen LogP contribution in [-0.2, 0) is 0 Å². The lowest BCUT2D eigenvalue weighted by atomic mass is 10.1. The van der Waals surface area contributed by atoms with Gasteiger partial charge in [-0.25, -0.2) is 19.6 Å². The first-order valence-electron chi connectivity index (χ1n) is 8.37. The molecule has 7 nitrogen and oxygen atoms in total. The molecule has 28 heavy (non-hydrogen) atoms. The molecule has 0 aliphatic heterocycles. The van der Waals surface area contributed by atoms with Gasteiger partial charge in [0.2, 0.25) is 0 Å². The molecule has 1 atom stereocenters. The molecule has 0 aromatic carbocycles. The Balaban J connectivity index is 1.65. The molecule has 0 aliphatic rings. The monoisotopic (exact) mass is 387 g/mol. The van der Waals surface area contributed by atoms with Crippen molar-refractivity contribution in [3.05, 3.63) is 54.9 Å². The highest BCUT2D eigenvalue weighted by Gasteiger charge is 2.42. The normalized spacial score (nSPS) is 13.4. The summed E-state index contributed by atoms with van der Waals surface area (Å²) in [4.78, 5) is 16.7. The van der Waals surface area contributed by atoms with E-state index in [0.29, 0.717) is 17.0 Å². The van der Waals surface area contributed by atoms with E-state index in [1.165, 1.54) is 37.1 Å². The highest BCUT2D eigenvalue weighted by atomic mass is 19.4. The Morgan fingerprint density at radius 3 is 2.57 bits per heavy atom. The van der Waals surface area contributed by atoms with Crippen LogP contribution >= 0.6 is 0 Å². The maximum absolute atomic E-state index is 13.3. The summed E-state index contributed by atoms with van der Waals surface area (Å²) in [7, 11) is 2.77. The number of fused-ring (bicyclic) bond motifs is 1. The van der Waals surface area contributed by atoms with Crippen molar-refractivity contribution < 1.29 is 13.2 Å². The zero-order valence-electron chi connectivity index (χ0n) is 15.0. The fourth-order valence-corrected chi connectivity index (χ4v) is 3.14. The van der Waals surface area contributed by atoms with Crippen molar-refractivity contribution >= 4 is 11.2 Å². The standard InChI is InChI=1S/C18H16F3N7/c1-27(2)16(18(19,20)21)11-3-4-14(23-7-11)28-9-12(8-26-28)13-5-6-22-17-15(13)24-10-25-17/h3-10,16H,1-2H3,(H,22,24,25). The number of imidazole rings is 1. The Morgan fingerprint density at radius 1 is 1.07 bits per heavy atom. The van der Waals surface area contributed by atoms with E-state index in [-0.39, 0.29) is 5.56 Å². The van der Waals surface area contributed by atoms with Crippen molar-refractivity contribution in [2.75, 3.05) is 14.1 Å². The Bertz CT molecular complexity index is 1100. The number of nitrogens with zero attached hydrogens (tertiary/aromatic N) is 6. The molecule has 0 fully saturated rings. The van der Waals surface area contributed by atoms with E-state index in [1.54, 1.807) is 24.9 Å². The summed E-state index contributed by atoms with van der Waals surface area (Å²) in [6, 6.07) is 3.05. The van der Waals surface area contributed by atoms with Gasteiger partial charge in [-0.3, -0.25) is 4.90 Å². The zero-order chi connectivity index (χ0) is 19.9. The Hall–Kier alpha value is -3.27. The molecule has 0 aliphatic carbocycles. The smallest absolute Gasteiger partial charge is 0.329 e. The molecule has 0 amide bonds. The molecule has 144 valence electrons. The molecule has 0 radical (unpaired) electrons. The molecule has 4 rings (SSSR count). The van der Waals surface area contributed by atoms with Crippen molar-refractivity contribution in [3.8, 4) is 16.9 Å². The van der Waals surface area contributed by atoms with Crippen molar-refractivity contribution in [2.45, 2.75) is 12.2 Å². The van der Waals surface area contributed by atoms with E-state index < -0.39 is 12.2 Å². The number of aromatic nitrogens is 6. The summed E-state index contributed by atoms with van der Waals surface area (Å²) < 4.78 is 41.3. The topological polar surface area (TPSA) is 75.5 Å². The summed E-state index contributed by atoms with van der Waals surface area (Å²) in [6.07, 6.45) is 3.47. The molecule has 10 heteroatoms. The molecule has 0 spiro atoms. The lowest BCUT2D eigenvalue weighted by Gasteiger charge is -2.26. The summed E-state index contributed by atoms with van der Waals surface area (Å²) in [5.74, 6) is 0.419. The van der Waals surface area contributed by atoms with Gasteiger partial charge in [0, 0.05) is 29.7 Å². The van der Waals surface area contributed by atoms with Gasteiger partial charge in [0.05, 0.1) is 12.5 Å². The number of nitrogens with one attached hydrogen (secondary N) is 1. The van der Waals surface area contributed by atoms with Crippen LogP contribution in [0, 0.1) is 0 Å². The zero-order valence-corrected chi connectivity index (χ0v) is 15.0. The molecular formula is C18H16F3N7. The van der Waals surface area contributed by atoms with E-state index in [0.717, 1.165) is 16.0 Å². The van der Waals surface area contributed by atoms with Gasteiger partial charge in [0.1, 0.15) is 11.6 Å². The fourth-order valence-electron chi connectivity index (χ4n) is 3.14. The van der Waals surface area contributed by atoms with Crippen LogP contribution in [0.25, 0.3) is 28.1 Å². The van der Waals surface area contributed by atoms with Crippen LogP contribution in [0.1, 0.15) is 11.6 Å². The number of hydrogen-bond donors (Lipinski definition) is 1. The first kappa shape index (κ1) is 18.1. The van der Waals surface area contributed by atoms with Gasteiger partial charge >= 0.3 is 6.18 Å². The first-order chi connectivity index (χ1) is 13.3. The second-order valence-electron chi connectivity index (χ2n) is 6.49. The van der Waals surface area contributed by atoms with Gasteiger partial charge in [-0.1, -0.05) is 6.07 Å². The van der Waals surface area contributed by atoms with Crippen molar-refractivity contribution in [1.29, 1.82) is 0 Å². The van der Waals surface area contributed by atoms with Gasteiger partial charge in [0.25, 0.3) is 0 Å². The minimum absolute atomic E-state index is 0.0704. The van der Waals surface area contributed by atoms with Crippen LogP contribution in [0.5, 0.6) is 0 Å². The quantitative estimate of drug-likeness (QED) is 0.581. The fraction of sp³-hybridized carbons (Fsp3) is 0.222. The van der Waals surface area contributed by atoms with Crippen molar-refractivity contribution in [1.82, 2.24) is 34.6 Å². The van der Waals surface area contributed by atoms with E-state index in [9.17, 15) is 13.2 Å². The summed E-state index contributed by atoms with van der Waals surface area (Å²) >= 11 is 0. The highest BCUT2D eigenvalue weighted by Crippen LogP contribution is 2.36. The van der Waals surface area contributed by atoms with Gasteiger partial charge in [-0.05, 0) is 31.8 Å². The third-order valence-electron chi connectivity index (χ3n) is 4.36. The number of halogens is 3. The summed E-state index contributed by atoms with van der Waals surface area (Å²) in [6.45, 7) is 0. The molecule has 0 saturated carbocycles. The molecule has 0 saturated heterocycles. The Kier molecular flexibility index (Phi) is 4.34. The SMILES string of the molecule is CN(C)C(c1ccc(-n2cc(-c3ccnc4[nH]cnc34)cn2)nc1)C(F)(F)F. The summed E-state index contributed by atoms with van der Waals surface area (Å²) in [5, 5.41) is 4.28. The van der Waals surface area contributed by atoms with E-state index in [1.807, 2.05) is 6.07 Å². The molecule has 4 aromatic rings. The van der Waals surface area contributed by atoms with Gasteiger partial charge in [-0.15, -0.1) is 0 Å². The molecular weight excluding hydrogens is 371 g/mol. The predicted molar refractivity (Wildman–Crippen MR) is 96.7 cm³/mol. The Labute approximate surface area is 157 Å². The van der Waals surface area contributed by atoms with Crippen molar-refractivity contribution in [2.24, 2.45) is 0 Å². The maximum Gasteiger partial charge on any atom is 0.408 e. The van der Waals surface area contributed by atoms with E-state index in [4.69, 9.17) is 0 Å². The number of hydrogen-bond acceptors (Lipinski definition) is 5. The number of H-pyrrole nitrogens is 1. The van der Waals surface area contributed by atoms with Gasteiger partial charge in [0.15, 0.2) is 11.5 Å². The molecule has 1 N–H and O–H groups in total. The average molecular weight is 387 g/mol. The maximum atomic E-state index is 13.3. The lowest BCUT2D eigenvalue weighted by molar-refractivity contribution is -0.179. The molecule has 0 bridgehead atoms. The molecule has 4 aromatic heterocycles. The van der Waals surface area contributed by atoms with Crippen molar-refractivity contribution in [3.63, 3.8) is 0 Å². The van der Waals surface area contributed by atoms with E-state index in [2.05, 4.69) is 25.0 Å². The Morgan fingerprint density at radius 2 is 1.89 bits per heavy atom. The third kappa shape index (κ3) is 3.22. The molecule has 1 unspecified atom stereocenters. The second kappa shape index (κ2) is 6.71. The van der Waals surface area contributed by atoms with Crippen LogP contribution in [0.4, 0.5) is 13.2 Å². The van der Waals surface area contributed by atoms with Crippen LogP contribution < -0.4 is 0 Å². The minimum atomic E-state index is -4.39. The number of alkyl halides is 3. The lowest BCUT2D eigenvalue weighted by Crippen LogP contribution is -2.33. The average Bonchev–Trinajstić information content (AvgIpc) is 3.30. The van der Waals surface area contributed by atoms with Gasteiger partial charge in [-0.2, -0.15) is 18.3 Å². The van der Waals surface area contributed by atoms with Crippen LogP contribution in [0.15, 0.2) is 49.3 Å². The largest absolute Gasteiger partial charge is 0.408 e. The summed E-state index contributed by atoms with van der Waals surface area (Å²) in [5.41, 5.74) is 3.09. The van der Waals surface area contributed by atoms with Crippen LogP contribution in [0.3, 0.4) is 0 Å². The highest BCUT2D eigenvalue weighted by molar-refractivity contribution is 5.88. The number of pyridine rings is 2. The minimum Gasteiger partial charge on any atom is -0.329 e. The van der Waals surface area contributed by atoms with Crippen LogP contribution in [0.2, 0.25) is 0 Å². The molecule has 4 heterocycles. The second-order valence-corrected chi connectivity index (χ2v) is 6.49. The predicted octanol–water partition coefficient (Wildman–Crippen LogP) is 3.37. The van der Waals surface area contributed by atoms with Crippen LogP contribution in [-0.4, -0.2) is 54.9 Å².